The lowest BCUT2D eigenvalue weighted by Gasteiger charge is -2.17. The van der Waals surface area contributed by atoms with Crippen molar-refractivity contribution in [3.63, 3.8) is 0 Å². The Morgan fingerprint density at radius 2 is 2.15 bits per heavy atom. The number of anilines is 1. The maximum atomic E-state index is 12.4. The van der Waals surface area contributed by atoms with E-state index >= 15 is 0 Å². The number of thiophene rings is 1. The maximum Gasteiger partial charge on any atom is 0.225 e. The molecule has 3 rings (SSSR count). The van der Waals surface area contributed by atoms with Crippen molar-refractivity contribution in [3.8, 4) is 11.8 Å². The first-order valence-corrected chi connectivity index (χ1v) is 9.98. The Balaban J connectivity index is 1.61. The molecule has 0 unspecified atom stereocenters. The van der Waals surface area contributed by atoms with E-state index in [0.717, 1.165) is 41.1 Å². The van der Waals surface area contributed by atoms with Gasteiger partial charge >= 0.3 is 0 Å². The molecule has 0 radical (unpaired) electrons. The number of ether oxygens (including phenoxy) is 1. The van der Waals surface area contributed by atoms with Crippen molar-refractivity contribution in [1.82, 2.24) is 0 Å². The van der Waals surface area contributed by atoms with E-state index in [4.69, 9.17) is 4.74 Å². The molecule has 0 spiro atoms. The molecule has 2 aromatic rings. The van der Waals surface area contributed by atoms with Gasteiger partial charge in [-0.1, -0.05) is 19.1 Å². The van der Waals surface area contributed by atoms with Gasteiger partial charge in [0.15, 0.2) is 0 Å². The van der Waals surface area contributed by atoms with Crippen LogP contribution in [0.15, 0.2) is 24.3 Å². The Hall–Kier alpha value is -2.32. The summed E-state index contributed by atoms with van der Waals surface area (Å²) in [5.74, 6) is 1.45. The minimum atomic E-state index is -0.0398. The summed E-state index contributed by atoms with van der Waals surface area (Å²) in [6.07, 6.45) is 4.14. The third kappa shape index (κ3) is 4.25. The molecular weight excluding hydrogens is 344 g/mol. The number of rotatable bonds is 6. The van der Waals surface area contributed by atoms with Gasteiger partial charge in [-0.25, -0.2) is 0 Å². The van der Waals surface area contributed by atoms with Gasteiger partial charge in [-0.3, -0.25) is 4.79 Å². The summed E-state index contributed by atoms with van der Waals surface area (Å²) >= 11 is 1.58. The normalized spacial score (nSPS) is 15.8. The van der Waals surface area contributed by atoms with E-state index in [-0.39, 0.29) is 5.91 Å². The number of aryl methyl sites for hydroxylation is 1. The van der Waals surface area contributed by atoms with E-state index in [1.807, 2.05) is 31.2 Å². The van der Waals surface area contributed by atoms with Gasteiger partial charge in [0, 0.05) is 11.3 Å². The number of nitrogens with one attached hydrogen (secondary N) is 1. The van der Waals surface area contributed by atoms with Gasteiger partial charge in [-0.05, 0) is 61.8 Å². The molecule has 26 heavy (non-hydrogen) atoms. The Labute approximate surface area is 158 Å². The molecule has 5 heteroatoms. The first kappa shape index (κ1) is 18.5. The predicted molar refractivity (Wildman–Crippen MR) is 105 cm³/mol. The van der Waals surface area contributed by atoms with Crippen molar-refractivity contribution < 1.29 is 9.53 Å². The second-order valence-electron chi connectivity index (χ2n) is 6.79. The zero-order valence-electron chi connectivity index (χ0n) is 15.3. The van der Waals surface area contributed by atoms with Crippen LogP contribution in [0.3, 0.4) is 0 Å². The fourth-order valence-corrected chi connectivity index (χ4v) is 4.70. The average molecular weight is 369 g/mol. The van der Waals surface area contributed by atoms with Crippen LogP contribution in [0.1, 0.15) is 48.3 Å². The smallest absolute Gasteiger partial charge is 0.225 e. The summed E-state index contributed by atoms with van der Waals surface area (Å²) < 4.78 is 5.43. The second-order valence-corrected chi connectivity index (χ2v) is 7.90. The monoisotopic (exact) mass is 368 g/mol. The van der Waals surface area contributed by atoms with Crippen molar-refractivity contribution in [2.75, 3.05) is 11.9 Å². The predicted octanol–water partition coefficient (Wildman–Crippen LogP) is 4.71. The van der Waals surface area contributed by atoms with Gasteiger partial charge in [0.2, 0.25) is 5.91 Å². The second kappa shape index (κ2) is 8.37. The lowest BCUT2D eigenvalue weighted by Crippen LogP contribution is -2.12. The zero-order valence-corrected chi connectivity index (χ0v) is 16.1. The number of hydrogen-bond donors (Lipinski definition) is 1. The largest absolute Gasteiger partial charge is 0.494 e. The molecule has 0 aliphatic heterocycles. The van der Waals surface area contributed by atoms with Crippen LogP contribution in [0.25, 0.3) is 0 Å². The van der Waals surface area contributed by atoms with E-state index < -0.39 is 0 Å². The molecule has 1 atom stereocenters. The van der Waals surface area contributed by atoms with Gasteiger partial charge < -0.3 is 10.1 Å². The van der Waals surface area contributed by atoms with E-state index in [0.29, 0.717) is 30.9 Å². The molecule has 1 N–H and O–H groups in total. The van der Waals surface area contributed by atoms with Gasteiger partial charge in [-0.15, -0.1) is 11.3 Å². The molecule has 136 valence electrons. The SMILES string of the molecule is CCOc1ccc(CCC(=O)Nc2sc3c(c2C#N)CC[C@H](C)C3)cc1. The van der Waals surface area contributed by atoms with E-state index in [1.165, 1.54) is 4.88 Å². The van der Waals surface area contributed by atoms with Gasteiger partial charge in [0.25, 0.3) is 0 Å². The Kier molecular flexibility index (Phi) is 5.95. The van der Waals surface area contributed by atoms with Crippen LogP contribution in [0, 0.1) is 17.2 Å². The van der Waals surface area contributed by atoms with Crippen molar-refractivity contribution in [3.05, 3.63) is 45.8 Å². The molecular formula is C21H24N2O2S. The number of hydrogen-bond acceptors (Lipinski definition) is 4. The van der Waals surface area contributed by atoms with Gasteiger partial charge in [0.05, 0.1) is 12.2 Å². The minimum absolute atomic E-state index is 0.0398. The van der Waals surface area contributed by atoms with E-state index in [1.54, 1.807) is 11.3 Å². The Bertz CT molecular complexity index is 818. The first-order valence-electron chi connectivity index (χ1n) is 9.17. The van der Waals surface area contributed by atoms with Crippen LogP contribution < -0.4 is 10.1 Å². The Morgan fingerprint density at radius 1 is 1.38 bits per heavy atom. The molecule has 0 saturated heterocycles. The van der Waals surface area contributed by atoms with Gasteiger partial charge in [-0.2, -0.15) is 5.26 Å². The molecule has 0 bridgehead atoms. The lowest BCUT2D eigenvalue weighted by molar-refractivity contribution is -0.116. The highest BCUT2D eigenvalue weighted by Gasteiger charge is 2.24. The van der Waals surface area contributed by atoms with Crippen molar-refractivity contribution in [2.24, 2.45) is 5.92 Å². The molecule has 0 saturated carbocycles. The van der Waals surface area contributed by atoms with Crippen LogP contribution in [0.4, 0.5) is 5.00 Å². The standard InChI is InChI=1S/C21H24N2O2S/c1-3-25-16-8-5-15(6-9-16)7-11-20(24)23-21-18(13-22)17-10-4-14(2)12-19(17)26-21/h5-6,8-9,14H,3-4,7,10-12H2,1-2H3,(H,23,24)/t14-/m0/s1. The van der Waals surface area contributed by atoms with Crippen LogP contribution in [-0.4, -0.2) is 12.5 Å². The highest BCUT2D eigenvalue weighted by atomic mass is 32.1. The average Bonchev–Trinajstić information content (AvgIpc) is 2.97. The first-order chi connectivity index (χ1) is 12.6. The number of carbonyl (C=O) groups excluding carboxylic acids is 1. The van der Waals surface area contributed by atoms with E-state index in [2.05, 4.69) is 18.3 Å². The number of carbonyl (C=O) groups is 1. The number of fused-ring (bicyclic) bond motifs is 1. The minimum Gasteiger partial charge on any atom is -0.494 e. The maximum absolute atomic E-state index is 12.4. The fraction of sp³-hybridized carbons (Fsp3) is 0.429. The summed E-state index contributed by atoms with van der Waals surface area (Å²) in [5.41, 5.74) is 2.92. The summed E-state index contributed by atoms with van der Waals surface area (Å²) in [4.78, 5) is 13.6. The third-order valence-corrected chi connectivity index (χ3v) is 5.92. The molecule has 1 aliphatic carbocycles. The van der Waals surface area contributed by atoms with Crippen LogP contribution in [0.2, 0.25) is 0 Å². The number of nitrogens with zero attached hydrogens (tertiary/aromatic N) is 1. The molecule has 1 aliphatic rings. The Morgan fingerprint density at radius 3 is 2.85 bits per heavy atom. The summed E-state index contributed by atoms with van der Waals surface area (Å²) in [6.45, 7) is 4.84. The summed E-state index contributed by atoms with van der Waals surface area (Å²) in [7, 11) is 0. The third-order valence-electron chi connectivity index (χ3n) is 4.75. The van der Waals surface area contributed by atoms with Crippen LogP contribution in [0.5, 0.6) is 5.75 Å². The lowest BCUT2D eigenvalue weighted by atomic mass is 9.88. The van der Waals surface area contributed by atoms with Crippen molar-refractivity contribution in [1.29, 1.82) is 5.26 Å². The topological polar surface area (TPSA) is 62.1 Å². The van der Waals surface area contributed by atoms with E-state index in [9.17, 15) is 10.1 Å². The molecule has 1 aromatic heterocycles. The number of benzene rings is 1. The number of nitriles is 1. The highest BCUT2D eigenvalue weighted by molar-refractivity contribution is 7.16. The van der Waals surface area contributed by atoms with Crippen molar-refractivity contribution in [2.45, 2.75) is 46.0 Å². The molecule has 4 nitrogen and oxygen atoms in total. The molecule has 1 heterocycles. The summed E-state index contributed by atoms with van der Waals surface area (Å²) in [6, 6.07) is 10.1. The molecule has 1 amide bonds. The number of amides is 1. The molecule has 1 aromatic carbocycles. The fourth-order valence-electron chi connectivity index (χ4n) is 3.32. The zero-order chi connectivity index (χ0) is 18.5. The van der Waals surface area contributed by atoms with Gasteiger partial charge in [0.1, 0.15) is 16.8 Å². The highest BCUT2D eigenvalue weighted by Crippen LogP contribution is 2.39. The molecule has 0 fully saturated rings. The van der Waals surface area contributed by atoms with Crippen LogP contribution >= 0.6 is 11.3 Å². The summed E-state index contributed by atoms with van der Waals surface area (Å²) in [5, 5.41) is 13.2. The van der Waals surface area contributed by atoms with Crippen LogP contribution in [-0.2, 0) is 24.1 Å². The quantitative estimate of drug-likeness (QED) is 0.803. The van der Waals surface area contributed by atoms with Crippen molar-refractivity contribution >= 4 is 22.2 Å².